The molecule has 140 valence electrons. The van der Waals surface area contributed by atoms with Crippen LogP contribution >= 0.6 is 0 Å². The van der Waals surface area contributed by atoms with Gasteiger partial charge in [0.25, 0.3) is 5.91 Å². The predicted octanol–water partition coefficient (Wildman–Crippen LogP) is 1.95. The van der Waals surface area contributed by atoms with Crippen molar-refractivity contribution in [2.45, 2.75) is 31.9 Å². The van der Waals surface area contributed by atoms with Crippen LogP contribution < -0.4 is 0 Å². The molecule has 2 fully saturated rings. The number of halogens is 1. The summed E-state index contributed by atoms with van der Waals surface area (Å²) < 4.78 is 14.3. The molecule has 0 aliphatic carbocycles. The van der Waals surface area contributed by atoms with E-state index in [1.54, 1.807) is 36.1 Å². The van der Waals surface area contributed by atoms with Crippen molar-refractivity contribution in [3.63, 3.8) is 0 Å². The van der Waals surface area contributed by atoms with Crippen molar-refractivity contribution in [2.75, 3.05) is 26.2 Å². The summed E-state index contributed by atoms with van der Waals surface area (Å²) in [5, 5.41) is 9.02. The summed E-state index contributed by atoms with van der Waals surface area (Å²) >= 11 is 0. The highest BCUT2D eigenvalue weighted by Gasteiger charge is 2.50. The molecule has 2 aliphatic heterocycles. The zero-order chi connectivity index (χ0) is 18.9. The maximum Gasteiger partial charge on any atom is 0.343 e. The summed E-state index contributed by atoms with van der Waals surface area (Å²) in [4.78, 5) is 39.7. The Morgan fingerprint density at radius 2 is 1.73 bits per heavy atom. The van der Waals surface area contributed by atoms with Crippen LogP contribution in [0.15, 0.2) is 30.3 Å². The van der Waals surface area contributed by atoms with Crippen molar-refractivity contribution in [2.24, 2.45) is 5.41 Å². The monoisotopic (exact) mass is 362 g/mol. The van der Waals surface area contributed by atoms with Crippen LogP contribution in [-0.2, 0) is 9.59 Å². The van der Waals surface area contributed by atoms with E-state index in [0.29, 0.717) is 24.9 Å². The number of carboxylic acids is 1. The standard InChI is InChI=1S/C19H23FN2O4/c1-18(16(24)22-11-9-19(20,13-22)17(25)26)8-5-10-21(12-18)15(23)14-6-3-2-4-7-14/h2-4,6-7H,5,8-13H2,1H3,(H,25,26). The highest BCUT2D eigenvalue weighted by molar-refractivity contribution is 5.95. The summed E-state index contributed by atoms with van der Waals surface area (Å²) in [7, 11) is 0. The zero-order valence-corrected chi connectivity index (χ0v) is 14.8. The molecule has 6 nitrogen and oxygen atoms in total. The lowest BCUT2D eigenvalue weighted by molar-refractivity contribution is -0.151. The lowest BCUT2D eigenvalue weighted by Gasteiger charge is -2.41. The first-order valence-electron chi connectivity index (χ1n) is 8.81. The third-order valence-corrected chi connectivity index (χ3v) is 5.41. The number of nitrogens with zero attached hydrogens (tertiary/aromatic N) is 2. The van der Waals surface area contributed by atoms with Gasteiger partial charge >= 0.3 is 5.97 Å². The third-order valence-electron chi connectivity index (χ3n) is 5.41. The molecule has 1 N–H and O–H groups in total. The highest BCUT2D eigenvalue weighted by atomic mass is 19.1. The van der Waals surface area contributed by atoms with Gasteiger partial charge in [0, 0.05) is 31.6 Å². The largest absolute Gasteiger partial charge is 0.479 e. The number of hydrogen-bond acceptors (Lipinski definition) is 3. The minimum Gasteiger partial charge on any atom is -0.479 e. The van der Waals surface area contributed by atoms with E-state index < -0.39 is 23.6 Å². The second kappa shape index (κ2) is 6.70. The average molecular weight is 362 g/mol. The van der Waals surface area contributed by atoms with Crippen LogP contribution in [0.1, 0.15) is 36.5 Å². The number of carboxylic acid groups (broad SMARTS) is 1. The molecule has 0 bridgehead atoms. The van der Waals surface area contributed by atoms with Crippen molar-refractivity contribution in [1.82, 2.24) is 9.80 Å². The van der Waals surface area contributed by atoms with E-state index in [0.717, 1.165) is 0 Å². The number of amides is 2. The first-order valence-corrected chi connectivity index (χ1v) is 8.81. The summed E-state index contributed by atoms with van der Waals surface area (Å²) in [5.41, 5.74) is -2.63. The molecule has 0 saturated carbocycles. The third kappa shape index (κ3) is 3.30. The molecule has 3 rings (SSSR count). The molecule has 0 radical (unpaired) electrons. The van der Waals surface area contributed by atoms with Gasteiger partial charge in [-0.2, -0.15) is 0 Å². The molecule has 26 heavy (non-hydrogen) atoms. The van der Waals surface area contributed by atoms with Gasteiger partial charge in [-0.25, -0.2) is 9.18 Å². The Balaban J connectivity index is 1.72. The van der Waals surface area contributed by atoms with Gasteiger partial charge in [-0.1, -0.05) is 18.2 Å². The maximum absolute atomic E-state index is 14.3. The smallest absolute Gasteiger partial charge is 0.343 e. The molecule has 2 unspecified atom stereocenters. The molecule has 2 aliphatic rings. The molecule has 7 heteroatoms. The van der Waals surface area contributed by atoms with E-state index in [-0.39, 0.29) is 31.3 Å². The molecular formula is C19H23FN2O4. The van der Waals surface area contributed by atoms with E-state index in [9.17, 15) is 18.8 Å². The maximum atomic E-state index is 14.3. The van der Waals surface area contributed by atoms with Gasteiger partial charge in [0.2, 0.25) is 11.6 Å². The molecule has 1 aromatic rings. The van der Waals surface area contributed by atoms with Gasteiger partial charge in [0.1, 0.15) is 0 Å². The van der Waals surface area contributed by atoms with Crippen LogP contribution in [0.3, 0.4) is 0 Å². The Morgan fingerprint density at radius 1 is 1.04 bits per heavy atom. The molecular weight excluding hydrogens is 339 g/mol. The molecule has 0 aromatic heterocycles. The van der Waals surface area contributed by atoms with E-state index >= 15 is 0 Å². The normalized spacial score (nSPS) is 28.8. The number of hydrogen-bond donors (Lipinski definition) is 1. The SMILES string of the molecule is CC1(C(=O)N2CCC(F)(C(=O)O)C2)CCCN(C(=O)c2ccccc2)C1. The zero-order valence-electron chi connectivity index (χ0n) is 14.8. The lowest BCUT2D eigenvalue weighted by atomic mass is 9.80. The van der Waals surface area contributed by atoms with Crippen LogP contribution in [-0.4, -0.2) is 64.5 Å². The van der Waals surface area contributed by atoms with Gasteiger partial charge in [-0.05, 0) is 31.9 Å². The van der Waals surface area contributed by atoms with Gasteiger partial charge in [-0.3, -0.25) is 9.59 Å². The summed E-state index contributed by atoms with van der Waals surface area (Å²) in [6.07, 6.45) is 1.07. The Kier molecular flexibility index (Phi) is 4.73. The Bertz CT molecular complexity index is 726. The summed E-state index contributed by atoms with van der Waals surface area (Å²) in [6, 6.07) is 8.89. The van der Waals surface area contributed by atoms with Crippen LogP contribution in [0.2, 0.25) is 0 Å². The minimum absolute atomic E-state index is 0.0872. The van der Waals surface area contributed by atoms with Crippen molar-refractivity contribution >= 4 is 17.8 Å². The molecule has 2 atom stereocenters. The van der Waals surface area contributed by atoms with Gasteiger partial charge in [-0.15, -0.1) is 0 Å². The molecule has 1 aromatic carbocycles. The Morgan fingerprint density at radius 3 is 2.35 bits per heavy atom. The fraction of sp³-hybridized carbons (Fsp3) is 0.526. The van der Waals surface area contributed by atoms with E-state index in [1.807, 2.05) is 6.07 Å². The molecule has 2 saturated heterocycles. The van der Waals surface area contributed by atoms with Crippen molar-refractivity contribution in [3.05, 3.63) is 35.9 Å². The highest BCUT2D eigenvalue weighted by Crippen LogP contribution is 2.35. The number of carbonyl (C=O) groups excluding carboxylic acids is 2. The minimum atomic E-state index is -2.37. The number of alkyl halides is 1. The first kappa shape index (κ1) is 18.4. The summed E-state index contributed by atoms with van der Waals surface area (Å²) in [5.74, 6) is -1.93. The first-order chi connectivity index (χ1) is 12.3. The van der Waals surface area contributed by atoms with E-state index in [4.69, 9.17) is 5.11 Å². The predicted molar refractivity (Wildman–Crippen MR) is 92.4 cm³/mol. The van der Waals surface area contributed by atoms with Crippen molar-refractivity contribution < 1.29 is 23.9 Å². The number of likely N-dealkylation sites (tertiary alicyclic amines) is 2. The quantitative estimate of drug-likeness (QED) is 0.892. The second-order valence-corrected chi connectivity index (χ2v) is 7.50. The fourth-order valence-corrected chi connectivity index (χ4v) is 3.85. The lowest BCUT2D eigenvalue weighted by Crippen LogP contribution is -2.53. The number of rotatable bonds is 3. The van der Waals surface area contributed by atoms with Crippen LogP contribution in [0.5, 0.6) is 0 Å². The van der Waals surface area contributed by atoms with E-state index in [1.165, 1.54) is 4.90 Å². The average Bonchev–Trinajstić information content (AvgIpc) is 3.05. The van der Waals surface area contributed by atoms with Gasteiger partial charge < -0.3 is 14.9 Å². The fourth-order valence-electron chi connectivity index (χ4n) is 3.85. The van der Waals surface area contributed by atoms with Crippen LogP contribution in [0, 0.1) is 5.41 Å². The van der Waals surface area contributed by atoms with Gasteiger partial charge in [0.15, 0.2) is 0 Å². The number of carbonyl (C=O) groups is 3. The van der Waals surface area contributed by atoms with Crippen molar-refractivity contribution in [1.29, 1.82) is 0 Å². The van der Waals surface area contributed by atoms with Crippen LogP contribution in [0.4, 0.5) is 4.39 Å². The molecule has 0 spiro atoms. The molecule has 2 amide bonds. The molecule has 2 heterocycles. The van der Waals surface area contributed by atoms with E-state index in [2.05, 4.69) is 0 Å². The van der Waals surface area contributed by atoms with Crippen molar-refractivity contribution in [3.8, 4) is 0 Å². The Hall–Kier alpha value is -2.44. The topological polar surface area (TPSA) is 77.9 Å². The van der Waals surface area contributed by atoms with Crippen LogP contribution in [0.25, 0.3) is 0 Å². The number of piperidine rings is 1. The second-order valence-electron chi connectivity index (χ2n) is 7.50. The Labute approximate surface area is 151 Å². The van der Waals surface area contributed by atoms with Gasteiger partial charge in [0.05, 0.1) is 12.0 Å². The number of aliphatic carboxylic acids is 1. The number of benzene rings is 1. The summed E-state index contributed by atoms with van der Waals surface area (Å²) in [6.45, 7) is 2.26.